The topological polar surface area (TPSA) is 65.4 Å². The van der Waals surface area contributed by atoms with Crippen LogP contribution in [0, 0.1) is 0 Å². The molecule has 0 unspecified atom stereocenters. The number of rotatable bonds is 5. The number of ether oxygens (including phenoxy) is 1. The Morgan fingerprint density at radius 3 is 1.97 bits per heavy atom. The molecule has 0 saturated heterocycles. The molecule has 3 rings (SSSR count). The van der Waals surface area contributed by atoms with Crippen molar-refractivity contribution < 1.29 is 31.1 Å². The maximum Gasteiger partial charge on any atom is 0.517 e. The average Bonchev–Trinajstić information content (AvgIpc) is 3.07. The lowest BCUT2D eigenvalue weighted by Gasteiger charge is -2.14. The van der Waals surface area contributed by atoms with Gasteiger partial charge in [-0.1, -0.05) is 60.7 Å². The Morgan fingerprint density at radius 2 is 1.48 bits per heavy atom. The van der Waals surface area contributed by atoms with Crippen molar-refractivity contribution >= 4 is 16.0 Å². The van der Waals surface area contributed by atoms with Crippen molar-refractivity contribution in [3.8, 4) is 22.3 Å². The number of hydrogen-bond donors (Lipinski definition) is 0. The van der Waals surface area contributed by atoms with Crippen LogP contribution in [0.3, 0.4) is 0 Å². The van der Waals surface area contributed by atoms with Crippen LogP contribution in [0.5, 0.6) is 0 Å². The molecule has 0 fully saturated rings. The number of aromatic nitrogens is 1. The Labute approximate surface area is 165 Å². The Hall–Kier alpha value is -3.07. The predicted molar refractivity (Wildman–Crippen MR) is 101 cm³/mol. The maximum absolute atomic E-state index is 13.3. The van der Waals surface area contributed by atoms with Crippen molar-refractivity contribution in [1.29, 1.82) is 0 Å². The summed E-state index contributed by atoms with van der Waals surface area (Å²) in [4.78, 5) is 11.3. The van der Waals surface area contributed by atoms with Crippen LogP contribution in [0.1, 0.15) is 12.6 Å². The molecule has 1 heterocycles. The molecule has 0 aliphatic rings. The van der Waals surface area contributed by atoms with Gasteiger partial charge in [-0.3, -0.25) is 4.79 Å². The van der Waals surface area contributed by atoms with Gasteiger partial charge in [0.25, 0.3) is 0 Å². The second kappa shape index (κ2) is 7.75. The summed E-state index contributed by atoms with van der Waals surface area (Å²) < 4.78 is 69.5. The minimum atomic E-state index is -5.75. The van der Waals surface area contributed by atoms with Gasteiger partial charge in [0.2, 0.25) is 0 Å². The minimum absolute atomic E-state index is 0.153. The third-order valence-electron chi connectivity index (χ3n) is 4.18. The van der Waals surface area contributed by atoms with Crippen LogP contribution >= 0.6 is 0 Å². The third kappa shape index (κ3) is 4.04. The minimum Gasteiger partial charge on any atom is -0.459 e. The molecule has 0 bridgehead atoms. The first kappa shape index (κ1) is 20.7. The molecule has 0 atom stereocenters. The molecule has 5 nitrogen and oxygen atoms in total. The fraction of sp³-hybridized carbons (Fsp3) is 0.150. The van der Waals surface area contributed by atoms with Gasteiger partial charge in [-0.25, -0.2) is 3.97 Å². The lowest BCUT2D eigenvalue weighted by atomic mass is 9.97. The summed E-state index contributed by atoms with van der Waals surface area (Å²) in [6.07, 6.45) is 0.916. The Balaban J connectivity index is 2.38. The molecule has 0 saturated carbocycles. The van der Waals surface area contributed by atoms with Crippen LogP contribution in [0.25, 0.3) is 22.3 Å². The summed E-state index contributed by atoms with van der Waals surface area (Å²) in [6, 6.07) is 16.8. The lowest BCUT2D eigenvalue weighted by Crippen LogP contribution is -2.30. The van der Waals surface area contributed by atoms with E-state index < -0.39 is 28.1 Å². The van der Waals surface area contributed by atoms with Crippen molar-refractivity contribution in [3.05, 3.63) is 72.6 Å². The van der Waals surface area contributed by atoms with Crippen LogP contribution in [0.15, 0.2) is 66.9 Å². The number of hydrogen-bond acceptors (Lipinski definition) is 4. The first-order valence-electron chi connectivity index (χ1n) is 8.43. The third-order valence-corrected chi connectivity index (χ3v) is 5.61. The Bertz CT molecular complexity index is 1120. The monoisotopic (exact) mass is 423 g/mol. The largest absolute Gasteiger partial charge is 0.517 e. The van der Waals surface area contributed by atoms with Gasteiger partial charge in [-0.2, -0.15) is 21.6 Å². The second-order valence-corrected chi connectivity index (χ2v) is 7.93. The first-order valence-corrected chi connectivity index (χ1v) is 9.87. The molecule has 2 aromatic carbocycles. The van der Waals surface area contributed by atoms with Crippen molar-refractivity contribution in [1.82, 2.24) is 3.97 Å². The number of nitrogens with zero attached hydrogens (tertiary/aromatic N) is 1. The Morgan fingerprint density at radius 1 is 0.966 bits per heavy atom. The molecule has 0 aliphatic carbocycles. The first-order chi connectivity index (χ1) is 13.6. The maximum atomic E-state index is 13.3. The van der Waals surface area contributed by atoms with E-state index in [-0.39, 0.29) is 20.8 Å². The summed E-state index contributed by atoms with van der Waals surface area (Å²) in [5.41, 5.74) is -4.30. The predicted octanol–water partition coefficient (Wildman–Crippen LogP) is 4.58. The molecule has 9 heteroatoms. The van der Waals surface area contributed by atoms with E-state index in [1.165, 1.54) is 0 Å². The summed E-state index contributed by atoms with van der Waals surface area (Å²) in [5, 5.41) is 0. The smallest absolute Gasteiger partial charge is 0.459 e. The van der Waals surface area contributed by atoms with Crippen molar-refractivity contribution in [2.24, 2.45) is 0 Å². The number of alkyl halides is 3. The molecule has 0 aliphatic heterocycles. The molecular formula is C20H16F3NO4S. The van der Waals surface area contributed by atoms with Gasteiger partial charge in [0.05, 0.1) is 5.69 Å². The van der Waals surface area contributed by atoms with E-state index in [2.05, 4.69) is 0 Å². The highest BCUT2D eigenvalue weighted by molar-refractivity contribution is 7.90. The van der Waals surface area contributed by atoms with Gasteiger partial charge in [0.15, 0.2) is 0 Å². The van der Waals surface area contributed by atoms with E-state index in [1.807, 2.05) is 0 Å². The molecule has 0 amide bonds. The average molecular weight is 423 g/mol. The highest BCUT2D eigenvalue weighted by Crippen LogP contribution is 2.40. The quantitative estimate of drug-likeness (QED) is 0.564. The molecule has 0 N–H and O–H groups in total. The van der Waals surface area contributed by atoms with Gasteiger partial charge in [-0.15, -0.1) is 0 Å². The van der Waals surface area contributed by atoms with E-state index in [1.54, 1.807) is 60.7 Å². The van der Waals surface area contributed by atoms with Crippen LogP contribution in [-0.2, 0) is 26.2 Å². The molecule has 0 spiro atoms. The normalized spacial score (nSPS) is 12.0. The van der Waals surface area contributed by atoms with E-state index in [0.717, 1.165) is 13.1 Å². The summed E-state index contributed by atoms with van der Waals surface area (Å²) in [6.45, 7) is 0.452. The van der Waals surface area contributed by atoms with Crippen molar-refractivity contribution in [3.63, 3.8) is 0 Å². The molecule has 1 aromatic heterocycles. The second-order valence-electron chi connectivity index (χ2n) is 6.12. The van der Waals surface area contributed by atoms with Gasteiger partial charge in [0.1, 0.15) is 6.61 Å². The van der Waals surface area contributed by atoms with E-state index >= 15 is 0 Å². The fourth-order valence-corrected chi connectivity index (χ4v) is 3.82. The van der Waals surface area contributed by atoms with Crippen molar-refractivity contribution in [2.45, 2.75) is 19.0 Å². The van der Waals surface area contributed by atoms with Gasteiger partial charge in [0, 0.05) is 24.2 Å². The number of benzene rings is 2. The van der Waals surface area contributed by atoms with Crippen LogP contribution in [0.4, 0.5) is 13.2 Å². The number of halogens is 3. The summed E-state index contributed by atoms with van der Waals surface area (Å²) in [5.74, 6) is -0.748. The lowest BCUT2D eigenvalue weighted by molar-refractivity contribution is -0.142. The summed E-state index contributed by atoms with van der Waals surface area (Å²) >= 11 is 0. The highest BCUT2D eigenvalue weighted by Gasteiger charge is 2.48. The molecule has 3 aromatic rings. The van der Waals surface area contributed by atoms with Gasteiger partial charge in [-0.05, 0) is 11.1 Å². The van der Waals surface area contributed by atoms with Crippen LogP contribution in [0.2, 0.25) is 0 Å². The molecular weight excluding hydrogens is 407 g/mol. The molecule has 29 heavy (non-hydrogen) atoms. The SMILES string of the molecule is CC(=O)OCc1c(-c2ccccc2)c(-c2ccccc2)cn1S(=O)(=O)C(F)(F)F. The van der Waals surface area contributed by atoms with E-state index in [4.69, 9.17) is 4.74 Å². The summed E-state index contributed by atoms with van der Waals surface area (Å²) in [7, 11) is -5.75. The number of carbonyl (C=O) groups is 1. The van der Waals surface area contributed by atoms with E-state index in [9.17, 15) is 26.4 Å². The van der Waals surface area contributed by atoms with Gasteiger partial charge >= 0.3 is 21.5 Å². The number of carbonyl (C=O) groups excluding carboxylic acids is 1. The standard InChI is InChI=1S/C20H16F3NO4S/c1-14(25)28-13-18-19(16-10-6-3-7-11-16)17(15-8-4-2-5-9-15)12-24(18)29(26,27)20(21,22)23/h2-12H,13H2,1H3. The zero-order valence-electron chi connectivity index (χ0n) is 15.2. The van der Waals surface area contributed by atoms with Gasteiger partial charge < -0.3 is 4.74 Å². The van der Waals surface area contributed by atoms with Crippen LogP contribution < -0.4 is 0 Å². The van der Waals surface area contributed by atoms with Crippen LogP contribution in [-0.4, -0.2) is 23.9 Å². The number of esters is 1. The molecule has 152 valence electrons. The van der Waals surface area contributed by atoms with Crippen molar-refractivity contribution in [2.75, 3.05) is 0 Å². The zero-order valence-corrected chi connectivity index (χ0v) is 16.0. The molecule has 0 radical (unpaired) electrons. The highest BCUT2D eigenvalue weighted by atomic mass is 32.2. The Kier molecular flexibility index (Phi) is 5.52. The fourth-order valence-electron chi connectivity index (χ4n) is 2.92. The van der Waals surface area contributed by atoms with E-state index in [0.29, 0.717) is 11.1 Å². The zero-order chi connectivity index (χ0) is 21.2.